The van der Waals surface area contributed by atoms with Crippen LogP contribution in [0.5, 0.6) is 0 Å². The number of urea groups is 1. The minimum absolute atomic E-state index is 0.0208. The molecule has 1 aromatic rings. The lowest BCUT2D eigenvalue weighted by molar-refractivity contribution is -0.0502. The van der Waals surface area contributed by atoms with Gasteiger partial charge in [0.05, 0.1) is 6.04 Å². The van der Waals surface area contributed by atoms with Gasteiger partial charge >= 0.3 is 6.03 Å². The number of carbonyl (C=O) groups is 1. The van der Waals surface area contributed by atoms with Crippen molar-refractivity contribution in [3.63, 3.8) is 0 Å². The number of benzene rings is 1. The van der Waals surface area contributed by atoms with Gasteiger partial charge in [0.15, 0.2) is 0 Å². The number of amides is 2. The Hall–Kier alpha value is -1.58. The topological polar surface area (TPSA) is 32.3 Å². The third-order valence-electron chi connectivity index (χ3n) is 7.03. The standard InChI is InChI=1S/C21H29FN2O/c1-14(18-3-5-19(22)6-4-18)24(2)20(25)23-13-21-10-15-7-16(11-21)9-17(8-15)12-21/h3-6,14-17H,7-13H2,1-2H3,(H,23,25). The molecule has 0 saturated heterocycles. The van der Waals surface area contributed by atoms with Crippen molar-refractivity contribution < 1.29 is 9.18 Å². The summed E-state index contributed by atoms with van der Waals surface area (Å²) in [6, 6.07) is 6.32. The molecule has 1 aromatic carbocycles. The highest BCUT2D eigenvalue weighted by molar-refractivity contribution is 5.74. The highest BCUT2D eigenvalue weighted by Crippen LogP contribution is 2.59. The summed E-state index contributed by atoms with van der Waals surface area (Å²) in [5.41, 5.74) is 1.30. The van der Waals surface area contributed by atoms with Crippen molar-refractivity contribution >= 4 is 6.03 Å². The van der Waals surface area contributed by atoms with Gasteiger partial charge in [0.25, 0.3) is 0 Å². The normalized spacial score (nSPS) is 34.0. The van der Waals surface area contributed by atoms with Crippen LogP contribution in [0.3, 0.4) is 0 Å². The Kier molecular flexibility index (Phi) is 4.25. The van der Waals surface area contributed by atoms with E-state index >= 15 is 0 Å². The van der Waals surface area contributed by atoms with Gasteiger partial charge in [0.2, 0.25) is 0 Å². The van der Waals surface area contributed by atoms with Crippen LogP contribution in [0.15, 0.2) is 24.3 Å². The molecule has 0 aliphatic heterocycles. The molecule has 4 aliphatic rings. The van der Waals surface area contributed by atoms with Crippen LogP contribution in [0.4, 0.5) is 9.18 Å². The van der Waals surface area contributed by atoms with E-state index in [4.69, 9.17) is 0 Å². The maximum atomic E-state index is 13.1. The molecule has 4 fully saturated rings. The third-order valence-corrected chi connectivity index (χ3v) is 7.03. The van der Waals surface area contributed by atoms with Crippen LogP contribution in [0.25, 0.3) is 0 Å². The molecule has 5 rings (SSSR count). The SMILES string of the molecule is CC(c1ccc(F)cc1)N(C)C(=O)NCC12CC3CC(CC(C3)C1)C2. The first-order valence-corrected chi connectivity index (χ1v) is 9.70. The van der Waals surface area contributed by atoms with Crippen LogP contribution >= 0.6 is 0 Å². The number of rotatable bonds is 4. The lowest BCUT2D eigenvalue weighted by Gasteiger charge is -2.57. The van der Waals surface area contributed by atoms with Crippen molar-refractivity contribution in [3.8, 4) is 0 Å². The Bertz CT molecular complexity index is 607. The number of carbonyl (C=O) groups excluding carboxylic acids is 1. The molecule has 4 heteroatoms. The predicted molar refractivity (Wildman–Crippen MR) is 96.6 cm³/mol. The monoisotopic (exact) mass is 344 g/mol. The van der Waals surface area contributed by atoms with Gasteiger partial charge in [0, 0.05) is 13.6 Å². The highest BCUT2D eigenvalue weighted by atomic mass is 19.1. The molecule has 4 aliphatic carbocycles. The molecule has 3 nitrogen and oxygen atoms in total. The van der Waals surface area contributed by atoms with Gasteiger partial charge in [-0.2, -0.15) is 0 Å². The highest BCUT2D eigenvalue weighted by Gasteiger charge is 2.50. The summed E-state index contributed by atoms with van der Waals surface area (Å²) in [7, 11) is 1.82. The van der Waals surface area contributed by atoms with E-state index in [-0.39, 0.29) is 17.9 Å². The average molecular weight is 344 g/mol. The van der Waals surface area contributed by atoms with Crippen molar-refractivity contribution in [2.75, 3.05) is 13.6 Å². The van der Waals surface area contributed by atoms with Crippen LogP contribution in [0, 0.1) is 29.0 Å². The molecule has 1 atom stereocenters. The van der Waals surface area contributed by atoms with Crippen molar-refractivity contribution in [2.24, 2.45) is 23.2 Å². The summed E-state index contributed by atoms with van der Waals surface area (Å²) in [6.45, 7) is 2.80. The van der Waals surface area contributed by atoms with Crippen molar-refractivity contribution in [1.29, 1.82) is 0 Å². The van der Waals surface area contributed by atoms with Gasteiger partial charge in [-0.1, -0.05) is 12.1 Å². The van der Waals surface area contributed by atoms with Crippen molar-refractivity contribution in [3.05, 3.63) is 35.6 Å². The first-order valence-electron chi connectivity index (χ1n) is 9.70. The lowest BCUT2D eigenvalue weighted by Crippen LogP contribution is -2.52. The van der Waals surface area contributed by atoms with E-state index in [9.17, 15) is 9.18 Å². The quantitative estimate of drug-likeness (QED) is 0.840. The molecular weight excluding hydrogens is 315 g/mol. The molecule has 136 valence electrons. The second kappa shape index (κ2) is 6.30. The summed E-state index contributed by atoms with van der Waals surface area (Å²) in [5.74, 6) is 2.46. The zero-order valence-electron chi connectivity index (χ0n) is 15.3. The number of nitrogens with one attached hydrogen (secondary N) is 1. The first-order chi connectivity index (χ1) is 11.9. The number of halogens is 1. The van der Waals surface area contributed by atoms with Crippen LogP contribution in [-0.4, -0.2) is 24.5 Å². The smallest absolute Gasteiger partial charge is 0.317 e. The Morgan fingerprint density at radius 3 is 2.20 bits per heavy atom. The summed E-state index contributed by atoms with van der Waals surface area (Å²) in [5, 5.41) is 3.21. The Morgan fingerprint density at radius 2 is 1.68 bits per heavy atom. The van der Waals surface area contributed by atoms with Gasteiger partial charge in [0.1, 0.15) is 5.82 Å². The van der Waals surface area contributed by atoms with Gasteiger partial charge in [-0.3, -0.25) is 0 Å². The predicted octanol–water partition coefficient (Wildman–Crippen LogP) is 4.74. The fourth-order valence-corrected chi connectivity index (χ4v) is 6.04. The number of nitrogens with zero attached hydrogens (tertiary/aromatic N) is 1. The molecule has 0 heterocycles. The average Bonchev–Trinajstić information content (AvgIpc) is 2.58. The maximum absolute atomic E-state index is 13.1. The molecule has 1 N–H and O–H groups in total. The molecule has 25 heavy (non-hydrogen) atoms. The summed E-state index contributed by atoms with van der Waals surface area (Å²) >= 11 is 0. The second-order valence-electron chi connectivity index (χ2n) is 8.91. The minimum atomic E-state index is -0.245. The van der Waals surface area contributed by atoms with Gasteiger partial charge < -0.3 is 10.2 Å². The Labute approximate surface area is 150 Å². The summed E-state index contributed by atoms with van der Waals surface area (Å²) in [6.07, 6.45) is 8.18. The van der Waals surface area contributed by atoms with Gasteiger partial charge in [-0.15, -0.1) is 0 Å². The van der Waals surface area contributed by atoms with E-state index in [0.717, 1.165) is 29.9 Å². The largest absolute Gasteiger partial charge is 0.337 e. The fourth-order valence-electron chi connectivity index (χ4n) is 6.04. The maximum Gasteiger partial charge on any atom is 0.317 e. The van der Waals surface area contributed by atoms with Crippen LogP contribution in [0.1, 0.15) is 57.1 Å². The van der Waals surface area contributed by atoms with E-state index in [2.05, 4.69) is 5.32 Å². The summed E-state index contributed by atoms with van der Waals surface area (Å²) in [4.78, 5) is 14.4. The first kappa shape index (κ1) is 16.9. The second-order valence-corrected chi connectivity index (χ2v) is 8.91. The lowest BCUT2D eigenvalue weighted by atomic mass is 9.49. The van der Waals surface area contributed by atoms with Crippen molar-refractivity contribution in [1.82, 2.24) is 10.2 Å². The Balaban J connectivity index is 1.36. The van der Waals surface area contributed by atoms with E-state index < -0.39 is 0 Å². The number of hydrogen-bond donors (Lipinski definition) is 1. The van der Waals surface area contributed by atoms with Crippen LogP contribution in [-0.2, 0) is 0 Å². The van der Waals surface area contributed by atoms with E-state index in [1.54, 1.807) is 17.0 Å². The van der Waals surface area contributed by atoms with Crippen LogP contribution in [0.2, 0.25) is 0 Å². The van der Waals surface area contributed by atoms with Crippen LogP contribution < -0.4 is 5.32 Å². The van der Waals surface area contributed by atoms with Gasteiger partial charge in [-0.05, 0) is 86.3 Å². The molecule has 1 unspecified atom stereocenters. The molecule has 2 amide bonds. The van der Waals surface area contributed by atoms with Gasteiger partial charge in [-0.25, -0.2) is 9.18 Å². The Morgan fingerprint density at radius 1 is 1.16 bits per heavy atom. The molecule has 0 spiro atoms. The summed E-state index contributed by atoms with van der Waals surface area (Å²) < 4.78 is 13.1. The molecule has 4 saturated carbocycles. The minimum Gasteiger partial charge on any atom is -0.337 e. The molecule has 4 bridgehead atoms. The van der Waals surface area contributed by atoms with E-state index in [1.807, 2.05) is 14.0 Å². The molecular formula is C21H29FN2O. The van der Waals surface area contributed by atoms with Crippen molar-refractivity contribution in [2.45, 2.75) is 51.5 Å². The zero-order chi connectivity index (χ0) is 17.6. The third kappa shape index (κ3) is 3.28. The number of hydrogen-bond acceptors (Lipinski definition) is 1. The molecule has 0 radical (unpaired) electrons. The zero-order valence-corrected chi connectivity index (χ0v) is 15.3. The van der Waals surface area contributed by atoms with E-state index in [1.165, 1.54) is 50.7 Å². The molecule has 0 aromatic heterocycles. The van der Waals surface area contributed by atoms with E-state index in [0.29, 0.717) is 5.41 Å². The fraction of sp³-hybridized carbons (Fsp3) is 0.667.